The molecule has 0 spiro atoms. The SMILES string of the molecule is CN(C(=O)c1ccnc(Nc2cccc(Br)c2)c1)c1ccccc1. The van der Waals surface area contributed by atoms with Crippen molar-refractivity contribution in [1.82, 2.24) is 4.98 Å². The summed E-state index contributed by atoms with van der Waals surface area (Å²) in [5, 5.41) is 3.21. The predicted molar refractivity (Wildman–Crippen MR) is 101 cm³/mol. The zero-order chi connectivity index (χ0) is 16.9. The lowest BCUT2D eigenvalue weighted by Gasteiger charge is -2.17. The van der Waals surface area contributed by atoms with E-state index >= 15 is 0 Å². The molecule has 5 heteroatoms. The molecule has 1 aromatic heterocycles. The van der Waals surface area contributed by atoms with Crippen LogP contribution in [0.25, 0.3) is 0 Å². The van der Waals surface area contributed by atoms with Gasteiger partial charge in [-0.15, -0.1) is 0 Å². The fourth-order valence-electron chi connectivity index (χ4n) is 2.31. The minimum atomic E-state index is -0.0825. The number of halogens is 1. The summed E-state index contributed by atoms with van der Waals surface area (Å²) >= 11 is 3.44. The molecule has 0 aliphatic heterocycles. The number of anilines is 3. The maximum Gasteiger partial charge on any atom is 0.258 e. The summed E-state index contributed by atoms with van der Waals surface area (Å²) in [6, 6.07) is 20.8. The first-order chi connectivity index (χ1) is 11.6. The number of pyridine rings is 1. The summed E-state index contributed by atoms with van der Waals surface area (Å²) in [6.45, 7) is 0. The van der Waals surface area contributed by atoms with Crippen LogP contribution in [-0.4, -0.2) is 17.9 Å². The van der Waals surface area contributed by atoms with Crippen LogP contribution in [0.15, 0.2) is 77.4 Å². The van der Waals surface area contributed by atoms with Crippen molar-refractivity contribution in [3.63, 3.8) is 0 Å². The molecular formula is C19H16BrN3O. The summed E-state index contributed by atoms with van der Waals surface area (Å²) < 4.78 is 0.976. The summed E-state index contributed by atoms with van der Waals surface area (Å²) in [5.41, 5.74) is 2.33. The first-order valence-electron chi connectivity index (χ1n) is 7.45. The molecule has 24 heavy (non-hydrogen) atoms. The Morgan fingerprint density at radius 1 is 1.04 bits per heavy atom. The molecule has 1 heterocycles. The second-order valence-electron chi connectivity index (χ2n) is 5.26. The van der Waals surface area contributed by atoms with Crippen LogP contribution in [0.5, 0.6) is 0 Å². The molecular weight excluding hydrogens is 366 g/mol. The Morgan fingerprint density at radius 2 is 1.83 bits per heavy atom. The Morgan fingerprint density at radius 3 is 2.58 bits per heavy atom. The minimum Gasteiger partial charge on any atom is -0.340 e. The average molecular weight is 382 g/mol. The number of aromatic nitrogens is 1. The van der Waals surface area contributed by atoms with E-state index in [9.17, 15) is 4.79 Å². The fourth-order valence-corrected chi connectivity index (χ4v) is 2.71. The number of para-hydroxylation sites is 1. The van der Waals surface area contributed by atoms with Crippen molar-refractivity contribution in [3.8, 4) is 0 Å². The zero-order valence-electron chi connectivity index (χ0n) is 13.1. The first-order valence-corrected chi connectivity index (χ1v) is 8.24. The number of rotatable bonds is 4. The van der Waals surface area contributed by atoms with Gasteiger partial charge in [-0.3, -0.25) is 4.79 Å². The molecule has 0 saturated carbocycles. The maximum absolute atomic E-state index is 12.7. The molecule has 0 fully saturated rings. The third kappa shape index (κ3) is 3.81. The van der Waals surface area contributed by atoms with Gasteiger partial charge in [-0.25, -0.2) is 4.98 Å². The number of nitrogens with zero attached hydrogens (tertiary/aromatic N) is 2. The second-order valence-corrected chi connectivity index (χ2v) is 6.18. The highest BCUT2D eigenvalue weighted by Crippen LogP contribution is 2.21. The highest BCUT2D eigenvalue weighted by Gasteiger charge is 2.14. The van der Waals surface area contributed by atoms with Crippen LogP contribution < -0.4 is 10.2 Å². The van der Waals surface area contributed by atoms with Gasteiger partial charge in [0.1, 0.15) is 5.82 Å². The van der Waals surface area contributed by atoms with Crippen molar-refractivity contribution in [2.75, 3.05) is 17.3 Å². The molecule has 0 radical (unpaired) electrons. The Kier molecular flexibility index (Phi) is 4.91. The molecule has 0 atom stereocenters. The minimum absolute atomic E-state index is 0.0825. The first kappa shape index (κ1) is 16.2. The normalized spacial score (nSPS) is 10.2. The molecule has 2 aromatic carbocycles. The van der Waals surface area contributed by atoms with Gasteiger partial charge < -0.3 is 10.2 Å². The number of carbonyl (C=O) groups is 1. The smallest absolute Gasteiger partial charge is 0.258 e. The molecule has 3 aromatic rings. The van der Waals surface area contributed by atoms with Gasteiger partial charge in [-0.05, 0) is 42.5 Å². The number of benzene rings is 2. The van der Waals surface area contributed by atoms with Gasteiger partial charge in [-0.2, -0.15) is 0 Å². The number of hydrogen-bond acceptors (Lipinski definition) is 3. The standard InChI is InChI=1S/C19H16BrN3O/c1-23(17-8-3-2-4-9-17)19(24)14-10-11-21-18(12-14)22-16-7-5-6-15(20)13-16/h2-13H,1H3,(H,21,22). The predicted octanol–water partition coefficient (Wildman–Crippen LogP) is 4.86. The molecule has 0 aliphatic rings. The number of amides is 1. The van der Waals surface area contributed by atoms with Gasteiger partial charge in [0, 0.05) is 34.7 Å². The Labute approximate surface area is 149 Å². The van der Waals surface area contributed by atoms with Gasteiger partial charge in [0.2, 0.25) is 0 Å². The third-order valence-electron chi connectivity index (χ3n) is 3.55. The Hall–Kier alpha value is -2.66. The van der Waals surface area contributed by atoms with Crippen LogP contribution in [0, 0.1) is 0 Å². The zero-order valence-corrected chi connectivity index (χ0v) is 14.7. The molecule has 120 valence electrons. The van der Waals surface area contributed by atoms with E-state index in [4.69, 9.17) is 0 Å². The summed E-state index contributed by atoms with van der Waals surface area (Å²) in [7, 11) is 1.76. The average Bonchev–Trinajstić information content (AvgIpc) is 2.61. The maximum atomic E-state index is 12.7. The van der Waals surface area contributed by atoms with Gasteiger partial charge in [0.25, 0.3) is 5.91 Å². The van der Waals surface area contributed by atoms with Gasteiger partial charge in [0.05, 0.1) is 0 Å². The van der Waals surface area contributed by atoms with Crippen molar-refractivity contribution in [2.24, 2.45) is 0 Å². The lowest BCUT2D eigenvalue weighted by molar-refractivity contribution is 0.0993. The van der Waals surface area contributed by atoms with E-state index in [1.807, 2.05) is 54.6 Å². The van der Waals surface area contributed by atoms with Crippen molar-refractivity contribution in [2.45, 2.75) is 0 Å². The summed E-state index contributed by atoms with van der Waals surface area (Å²) in [6.07, 6.45) is 1.63. The van der Waals surface area contributed by atoms with Crippen LogP contribution in [0.1, 0.15) is 10.4 Å². The van der Waals surface area contributed by atoms with E-state index in [1.165, 1.54) is 0 Å². The lowest BCUT2D eigenvalue weighted by atomic mass is 10.2. The third-order valence-corrected chi connectivity index (χ3v) is 4.05. The monoisotopic (exact) mass is 381 g/mol. The van der Waals surface area contributed by atoms with Crippen molar-refractivity contribution in [3.05, 3.63) is 83.0 Å². The second kappa shape index (κ2) is 7.27. The van der Waals surface area contributed by atoms with Crippen molar-refractivity contribution >= 4 is 39.0 Å². The molecule has 0 aliphatic carbocycles. The topological polar surface area (TPSA) is 45.2 Å². The lowest BCUT2D eigenvalue weighted by Crippen LogP contribution is -2.26. The highest BCUT2D eigenvalue weighted by molar-refractivity contribution is 9.10. The van der Waals surface area contributed by atoms with Crippen molar-refractivity contribution < 1.29 is 4.79 Å². The Bertz CT molecular complexity index is 852. The van der Waals surface area contributed by atoms with Gasteiger partial charge >= 0.3 is 0 Å². The van der Waals surface area contributed by atoms with E-state index in [0.717, 1.165) is 15.8 Å². The van der Waals surface area contributed by atoms with E-state index in [-0.39, 0.29) is 5.91 Å². The van der Waals surface area contributed by atoms with E-state index in [0.29, 0.717) is 11.4 Å². The van der Waals surface area contributed by atoms with Crippen LogP contribution in [0.4, 0.5) is 17.2 Å². The summed E-state index contributed by atoms with van der Waals surface area (Å²) in [4.78, 5) is 18.6. The van der Waals surface area contributed by atoms with Gasteiger partial charge in [0.15, 0.2) is 0 Å². The van der Waals surface area contributed by atoms with E-state index < -0.39 is 0 Å². The fraction of sp³-hybridized carbons (Fsp3) is 0.0526. The number of carbonyl (C=O) groups excluding carboxylic acids is 1. The molecule has 4 nitrogen and oxygen atoms in total. The van der Waals surface area contributed by atoms with Crippen molar-refractivity contribution in [1.29, 1.82) is 0 Å². The van der Waals surface area contributed by atoms with Crippen LogP contribution in [0.3, 0.4) is 0 Å². The van der Waals surface area contributed by atoms with Crippen LogP contribution in [-0.2, 0) is 0 Å². The molecule has 0 bridgehead atoms. The van der Waals surface area contributed by atoms with Crippen LogP contribution >= 0.6 is 15.9 Å². The number of hydrogen-bond donors (Lipinski definition) is 1. The quantitative estimate of drug-likeness (QED) is 0.701. The molecule has 0 saturated heterocycles. The Balaban J connectivity index is 1.81. The largest absolute Gasteiger partial charge is 0.340 e. The molecule has 1 N–H and O–H groups in total. The molecule has 1 amide bonds. The van der Waals surface area contributed by atoms with Crippen LogP contribution in [0.2, 0.25) is 0 Å². The van der Waals surface area contributed by atoms with E-state index in [2.05, 4.69) is 26.2 Å². The number of nitrogens with one attached hydrogen (secondary N) is 1. The molecule has 0 unspecified atom stereocenters. The van der Waals surface area contributed by atoms with Gasteiger partial charge in [-0.1, -0.05) is 40.2 Å². The highest BCUT2D eigenvalue weighted by atomic mass is 79.9. The molecule has 3 rings (SSSR count). The summed E-state index contributed by atoms with van der Waals surface area (Å²) in [5.74, 6) is 0.543. The van der Waals surface area contributed by atoms with E-state index in [1.54, 1.807) is 30.3 Å².